The second kappa shape index (κ2) is 5.38. The van der Waals surface area contributed by atoms with Gasteiger partial charge in [0.05, 0.1) is 5.69 Å². The number of carbonyl (C=O) groups excluding carboxylic acids is 1. The van der Waals surface area contributed by atoms with Crippen LogP contribution < -0.4 is 11.2 Å². The standard InChI is InChI=1S/C11H16N4O2/c12-9-5-4-6-13-10(9)14-17-11(16)15-7-2-1-3-8-15/h4-6H,1-3,7-8,12H2,(H,13,14). The molecule has 1 aliphatic rings. The van der Waals surface area contributed by atoms with E-state index in [1.165, 1.54) is 6.42 Å². The predicted octanol–water partition coefficient (Wildman–Crippen LogP) is 1.61. The summed E-state index contributed by atoms with van der Waals surface area (Å²) >= 11 is 0. The number of likely N-dealkylation sites (tertiary alicyclic amines) is 1. The number of pyridine rings is 1. The van der Waals surface area contributed by atoms with Gasteiger partial charge in [-0.2, -0.15) is 5.48 Å². The maximum Gasteiger partial charge on any atom is 0.434 e. The molecule has 0 aromatic carbocycles. The van der Waals surface area contributed by atoms with Crippen LogP contribution in [0, 0.1) is 0 Å². The molecule has 1 aromatic rings. The van der Waals surface area contributed by atoms with Gasteiger partial charge in [-0.15, -0.1) is 0 Å². The molecule has 6 nitrogen and oxygen atoms in total. The third kappa shape index (κ3) is 2.99. The Morgan fingerprint density at radius 1 is 1.41 bits per heavy atom. The van der Waals surface area contributed by atoms with Crippen LogP contribution in [-0.2, 0) is 4.84 Å². The number of aromatic nitrogens is 1. The van der Waals surface area contributed by atoms with Crippen LogP contribution in [0.5, 0.6) is 0 Å². The number of nitrogen functional groups attached to an aromatic ring is 1. The Kier molecular flexibility index (Phi) is 3.64. The smallest absolute Gasteiger partial charge is 0.396 e. The van der Waals surface area contributed by atoms with Crippen molar-refractivity contribution in [3.8, 4) is 0 Å². The molecule has 3 N–H and O–H groups in total. The fourth-order valence-electron chi connectivity index (χ4n) is 1.74. The third-order valence-electron chi connectivity index (χ3n) is 2.69. The van der Waals surface area contributed by atoms with Gasteiger partial charge >= 0.3 is 6.09 Å². The van der Waals surface area contributed by atoms with E-state index < -0.39 is 0 Å². The summed E-state index contributed by atoms with van der Waals surface area (Å²) in [6.45, 7) is 1.50. The number of amides is 1. The van der Waals surface area contributed by atoms with E-state index in [9.17, 15) is 4.79 Å². The van der Waals surface area contributed by atoms with Crippen molar-refractivity contribution >= 4 is 17.6 Å². The van der Waals surface area contributed by atoms with Gasteiger partial charge in [-0.1, -0.05) is 0 Å². The molecule has 0 radical (unpaired) electrons. The molecular formula is C11H16N4O2. The fourth-order valence-corrected chi connectivity index (χ4v) is 1.74. The second-order valence-electron chi connectivity index (χ2n) is 3.96. The molecule has 0 atom stereocenters. The molecule has 0 aliphatic carbocycles. The minimum absolute atomic E-state index is 0.359. The number of piperidine rings is 1. The maximum absolute atomic E-state index is 11.7. The Morgan fingerprint density at radius 2 is 2.18 bits per heavy atom. The Hall–Kier alpha value is -1.98. The molecule has 2 heterocycles. The molecule has 0 spiro atoms. The summed E-state index contributed by atoms with van der Waals surface area (Å²) in [7, 11) is 0. The Balaban J connectivity index is 1.85. The second-order valence-corrected chi connectivity index (χ2v) is 3.96. The number of nitrogens with one attached hydrogen (secondary N) is 1. The number of nitrogens with zero attached hydrogens (tertiary/aromatic N) is 2. The first-order valence-corrected chi connectivity index (χ1v) is 5.69. The Bertz CT molecular complexity index is 391. The highest BCUT2D eigenvalue weighted by atomic mass is 16.7. The van der Waals surface area contributed by atoms with Gasteiger partial charge in [0.15, 0.2) is 5.82 Å². The number of hydrogen-bond acceptors (Lipinski definition) is 5. The summed E-state index contributed by atoms with van der Waals surface area (Å²) in [5.41, 5.74) is 8.58. The fraction of sp³-hybridized carbons (Fsp3) is 0.455. The quantitative estimate of drug-likeness (QED) is 0.762. The first kappa shape index (κ1) is 11.5. The summed E-state index contributed by atoms with van der Waals surface area (Å²) in [5, 5.41) is 0. The highest BCUT2D eigenvalue weighted by Gasteiger charge is 2.18. The average molecular weight is 236 g/mol. The monoisotopic (exact) mass is 236 g/mol. The van der Waals surface area contributed by atoms with Crippen LogP contribution in [0.25, 0.3) is 0 Å². The van der Waals surface area contributed by atoms with Crippen LogP contribution in [0.2, 0.25) is 0 Å². The van der Waals surface area contributed by atoms with Gasteiger partial charge in [-0.3, -0.25) is 0 Å². The lowest BCUT2D eigenvalue weighted by Crippen LogP contribution is -2.37. The molecular weight excluding hydrogens is 220 g/mol. The lowest BCUT2D eigenvalue weighted by molar-refractivity contribution is 0.114. The van der Waals surface area contributed by atoms with Gasteiger partial charge in [0.2, 0.25) is 0 Å². The molecule has 2 rings (SSSR count). The van der Waals surface area contributed by atoms with E-state index in [1.54, 1.807) is 23.2 Å². The summed E-state index contributed by atoms with van der Waals surface area (Å²) in [4.78, 5) is 22.2. The van der Waals surface area contributed by atoms with Crippen LogP contribution in [0.4, 0.5) is 16.3 Å². The van der Waals surface area contributed by atoms with Crippen molar-refractivity contribution in [2.75, 3.05) is 24.3 Å². The van der Waals surface area contributed by atoms with E-state index >= 15 is 0 Å². The molecule has 1 amide bonds. The average Bonchev–Trinajstić information content (AvgIpc) is 2.38. The van der Waals surface area contributed by atoms with Crippen molar-refractivity contribution in [3.05, 3.63) is 18.3 Å². The Labute approximate surface area is 99.7 Å². The van der Waals surface area contributed by atoms with Crippen molar-refractivity contribution in [2.45, 2.75) is 19.3 Å². The van der Waals surface area contributed by atoms with Gasteiger partial charge in [0, 0.05) is 19.3 Å². The highest BCUT2D eigenvalue weighted by Crippen LogP contribution is 2.14. The van der Waals surface area contributed by atoms with Gasteiger partial charge in [0.25, 0.3) is 0 Å². The van der Waals surface area contributed by atoms with Gasteiger partial charge in [0.1, 0.15) is 0 Å². The summed E-state index contributed by atoms with van der Waals surface area (Å²) in [6.07, 6.45) is 4.43. The largest absolute Gasteiger partial charge is 0.434 e. The minimum Gasteiger partial charge on any atom is -0.396 e. The van der Waals surface area contributed by atoms with E-state index in [0.29, 0.717) is 11.5 Å². The van der Waals surface area contributed by atoms with Crippen LogP contribution in [0.3, 0.4) is 0 Å². The molecule has 17 heavy (non-hydrogen) atoms. The van der Waals surface area contributed by atoms with Crippen molar-refractivity contribution in [1.29, 1.82) is 0 Å². The molecule has 92 valence electrons. The summed E-state index contributed by atoms with van der Waals surface area (Å²) < 4.78 is 0. The molecule has 1 fully saturated rings. The molecule has 0 unspecified atom stereocenters. The predicted molar refractivity (Wildman–Crippen MR) is 64.2 cm³/mol. The van der Waals surface area contributed by atoms with Crippen LogP contribution >= 0.6 is 0 Å². The van der Waals surface area contributed by atoms with E-state index in [-0.39, 0.29) is 6.09 Å². The van der Waals surface area contributed by atoms with Crippen molar-refractivity contribution in [1.82, 2.24) is 9.88 Å². The number of nitrogens with two attached hydrogens (primary N) is 1. The lowest BCUT2D eigenvalue weighted by atomic mass is 10.1. The lowest BCUT2D eigenvalue weighted by Gasteiger charge is -2.25. The molecule has 6 heteroatoms. The number of anilines is 2. The number of carbonyl (C=O) groups is 1. The van der Waals surface area contributed by atoms with Crippen LogP contribution in [0.15, 0.2) is 18.3 Å². The normalized spacial score (nSPS) is 15.4. The van der Waals surface area contributed by atoms with Crippen LogP contribution in [-0.4, -0.2) is 29.1 Å². The van der Waals surface area contributed by atoms with Gasteiger partial charge in [-0.25, -0.2) is 9.78 Å². The van der Waals surface area contributed by atoms with Crippen LogP contribution in [0.1, 0.15) is 19.3 Å². The Morgan fingerprint density at radius 3 is 2.88 bits per heavy atom. The summed E-state index contributed by atoms with van der Waals surface area (Å²) in [5.74, 6) is 0.359. The number of rotatable bonds is 2. The molecule has 1 aromatic heterocycles. The topological polar surface area (TPSA) is 80.5 Å². The van der Waals surface area contributed by atoms with Crippen molar-refractivity contribution < 1.29 is 9.63 Å². The zero-order valence-electron chi connectivity index (χ0n) is 9.56. The van der Waals surface area contributed by atoms with Crippen molar-refractivity contribution in [3.63, 3.8) is 0 Å². The highest BCUT2D eigenvalue weighted by molar-refractivity contribution is 5.70. The van der Waals surface area contributed by atoms with E-state index in [1.807, 2.05) is 0 Å². The third-order valence-corrected chi connectivity index (χ3v) is 2.69. The van der Waals surface area contributed by atoms with Gasteiger partial charge < -0.3 is 15.5 Å². The molecule has 0 bridgehead atoms. The van der Waals surface area contributed by atoms with E-state index in [0.717, 1.165) is 25.9 Å². The zero-order chi connectivity index (χ0) is 12.1. The van der Waals surface area contributed by atoms with E-state index in [4.69, 9.17) is 10.6 Å². The minimum atomic E-state index is -0.380. The summed E-state index contributed by atoms with van der Waals surface area (Å²) in [6, 6.07) is 3.40. The van der Waals surface area contributed by atoms with E-state index in [2.05, 4.69) is 10.5 Å². The molecule has 1 saturated heterocycles. The SMILES string of the molecule is Nc1cccnc1NOC(=O)N1CCCCC1. The molecule has 1 aliphatic heterocycles. The first-order valence-electron chi connectivity index (χ1n) is 5.69. The molecule has 0 saturated carbocycles. The maximum atomic E-state index is 11.7. The number of hydrogen-bond donors (Lipinski definition) is 2. The van der Waals surface area contributed by atoms with Gasteiger partial charge in [-0.05, 0) is 31.4 Å². The zero-order valence-corrected chi connectivity index (χ0v) is 9.56. The van der Waals surface area contributed by atoms with Crippen molar-refractivity contribution in [2.24, 2.45) is 0 Å². The first-order chi connectivity index (χ1) is 8.27.